The van der Waals surface area contributed by atoms with Gasteiger partial charge in [0, 0.05) is 13.2 Å². The highest BCUT2D eigenvalue weighted by atomic mass is 19.4. The zero-order valence-electron chi connectivity index (χ0n) is 29.2. The third-order valence-electron chi connectivity index (χ3n) is 8.60. The van der Waals surface area contributed by atoms with Gasteiger partial charge in [-0.15, -0.1) is 0 Å². The number of unbranched alkanes of at least 4 members (excludes halogenated alkanes) is 11. The average Bonchev–Trinajstić information content (AvgIpc) is 3.10. The van der Waals surface area contributed by atoms with Gasteiger partial charge in [0.25, 0.3) is 0 Å². The molecule has 0 heterocycles. The molecule has 0 aromatic heterocycles. The minimum Gasteiger partial charge on any atom is -0.449 e. The summed E-state index contributed by atoms with van der Waals surface area (Å²) in [4.78, 5) is 25.2. The Morgan fingerprint density at radius 2 is 1.12 bits per heavy atom. The van der Waals surface area contributed by atoms with Gasteiger partial charge in [0.1, 0.15) is 5.75 Å². The molecular formula is C41H53F3O5. The molecule has 0 unspecified atom stereocenters. The monoisotopic (exact) mass is 682 g/mol. The number of benzene rings is 3. The molecule has 0 radical (unpaired) electrons. The Labute approximate surface area is 290 Å². The number of esters is 2. The second-order valence-electron chi connectivity index (χ2n) is 12.6. The predicted molar refractivity (Wildman–Crippen MR) is 189 cm³/mol. The number of hydrogen-bond acceptors (Lipinski definition) is 5. The van der Waals surface area contributed by atoms with Crippen LogP contribution in [0, 0.1) is 0 Å². The highest BCUT2D eigenvalue weighted by Crippen LogP contribution is 2.28. The highest BCUT2D eigenvalue weighted by Gasteiger charge is 2.42. The Bertz CT molecular complexity index is 1350. The van der Waals surface area contributed by atoms with E-state index in [0.717, 1.165) is 17.5 Å². The van der Waals surface area contributed by atoms with Crippen LogP contribution in [0.1, 0.15) is 130 Å². The van der Waals surface area contributed by atoms with Gasteiger partial charge in [-0.3, -0.25) is 0 Å². The molecule has 49 heavy (non-hydrogen) atoms. The van der Waals surface area contributed by atoms with Gasteiger partial charge in [-0.2, -0.15) is 13.2 Å². The van der Waals surface area contributed by atoms with Crippen molar-refractivity contribution < 1.29 is 37.0 Å². The fourth-order valence-electron chi connectivity index (χ4n) is 5.65. The number of hydrogen-bond donors (Lipinski definition) is 0. The summed E-state index contributed by atoms with van der Waals surface area (Å²) in [6.45, 7) is 5.15. The summed E-state index contributed by atoms with van der Waals surface area (Å²) in [6.07, 6.45) is 8.58. The molecule has 0 aliphatic carbocycles. The first-order chi connectivity index (χ1) is 23.7. The smallest absolute Gasteiger partial charge is 0.425 e. The molecule has 1 atom stereocenters. The first-order valence-electron chi connectivity index (χ1n) is 18.1. The average molecular weight is 683 g/mol. The maximum Gasteiger partial charge on any atom is 0.425 e. The number of halogens is 3. The fraction of sp³-hybridized carbons (Fsp3) is 0.512. The van der Waals surface area contributed by atoms with Crippen molar-refractivity contribution in [2.45, 2.75) is 122 Å². The molecule has 0 aliphatic rings. The Kier molecular flexibility index (Phi) is 18.0. The Hall–Kier alpha value is -3.65. The van der Waals surface area contributed by atoms with Gasteiger partial charge in [-0.1, -0.05) is 108 Å². The van der Waals surface area contributed by atoms with E-state index in [4.69, 9.17) is 14.2 Å². The van der Waals surface area contributed by atoms with E-state index in [2.05, 4.69) is 31.2 Å². The van der Waals surface area contributed by atoms with Crippen molar-refractivity contribution in [3.63, 3.8) is 0 Å². The predicted octanol–water partition coefficient (Wildman–Crippen LogP) is 11.7. The van der Waals surface area contributed by atoms with Crippen molar-refractivity contribution in [3.05, 3.63) is 89.5 Å². The second-order valence-corrected chi connectivity index (χ2v) is 12.6. The van der Waals surface area contributed by atoms with Crippen LogP contribution in [-0.2, 0) is 15.9 Å². The lowest BCUT2D eigenvalue weighted by Gasteiger charge is -2.20. The van der Waals surface area contributed by atoms with Crippen molar-refractivity contribution in [3.8, 4) is 16.9 Å². The molecule has 0 N–H and O–H groups in total. The summed E-state index contributed by atoms with van der Waals surface area (Å²) in [7, 11) is 0. The van der Waals surface area contributed by atoms with Gasteiger partial charge in [-0.25, -0.2) is 9.59 Å². The van der Waals surface area contributed by atoms with E-state index in [-0.39, 0.29) is 24.2 Å². The number of alkyl halides is 3. The van der Waals surface area contributed by atoms with Gasteiger partial charge in [-0.05, 0) is 92.1 Å². The lowest BCUT2D eigenvalue weighted by Crippen LogP contribution is -2.33. The van der Waals surface area contributed by atoms with E-state index in [0.29, 0.717) is 31.6 Å². The number of rotatable bonds is 23. The molecule has 0 aliphatic heterocycles. The van der Waals surface area contributed by atoms with Gasteiger partial charge in [0.15, 0.2) is 6.10 Å². The van der Waals surface area contributed by atoms with Crippen molar-refractivity contribution in [2.75, 3.05) is 13.2 Å². The third-order valence-corrected chi connectivity index (χ3v) is 8.60. The van der Waals surface area contributed by atoms with Gasteiger partial charge in [0.2, 0.25) is 0 Å². The molecule has 0 fully saturated rings. The third kappa shape index (κ3) is 15.2. The van der Waals surface area contributed by atoms with Gasteiger partial charge >= 0.3 is 18.1 Å². The van der Waals surface area contributed by atoms with Crippen LogP contribution >= 0.6 is 0 Å². The zero-order valence-corrected chi connectivity index (χ0v) is 29.2. The molecule has 5 nitrogen and oxygen atoms in total. The van der Waals surface area contributed by atoms with Crippen LogP contribution in [0.25, 0.3) is 11.1 Å². The van der Waals surface area contributed by atoms with Crippen molar-refractivity contribution >= 4 is 11.9 Å². The van der Waals surface area contributed by atoms with Gasteiger partial charge in [0.05, 0.1) is 11.1 Å². The highest BCUT2D eigenvalue weighted by molar-refractivity contribution is 5.92. The van der Waals surface area contributed by atoms with Crippen LogP contribution in [-0.4, -0.2) is 37.4 Å². The summed E-state index contributed by atoms with van der Waals surface area (Å²) in [5.41, 5.74) is 3.64. The normalized spacial score (nSPS) is 12.1. The molecule has 8 heteroatoms. The van der Waals surface area contributed by atoms with Crippen molar-refractivity contribution in [1.29, 1.82) is 0 Å². The Morgan fingerprint density at radius 1 is 0.612 bits per heavy atom. The largest absolute Gasteiger partial charge is 0.449 e. The van der Waals surface area contributed by atoms with E-state index in [9.17, 15) is 22.8 Å². The molecule has 3 aromatic rings. The minimum atomic E-state index is -4.67. The first-order valence-corrected chi connectivity index (χ1v) is 18.1. The van der Waals surface area contributed by atoms with Crippen LogP contribution in [0.15, 0.2) is 72.8 Å². The van der Waals surface area contributed by atoms with E-state index < -0.39 is 24.2 Å². The maximum atomic E-state index is 13.5. The first kappa shape index (κ1) is 39.8. The Morgan fingerprint density at radius 3 is 1.69 bits per heavy atom. The molecule has 268 valence electrons. The topological polar surface area (TPSA) is 61.8 Å². The van der Waals surface area contributed by atoms with Crippen LogP contribution in [0.4, 0.5) is 13.2 Å². The lowest BCUT2D eigenvalue weighted by atomic mass is 10.00. The van der Waals surface area contributed by atoms with E-state index in [1.807, 2.05) is 19.1 Å². The maximum absolute atomic E-state index is 13.5. The zero-order chi connectivity index (χ0) is 35.3. The number of aryl methyl sites for hydroxylation is 1. The summed E-state index contributed by atoms with van der Waals surface area (Å²) >= 11 is 0. The van der Waals surface area contributed by atoms with Crippen LogP contribution in [0.3, 0.4) is 0 Å². The van der Waals surface area contributed by atoms with Crippen LogP contribution < -0.4 is 4.74 Å². The molecular weight excluding hydrogens is 629 g/mol. The standard InChI is InChI=1S/C41H53F3O5/c1-3-5-6-7-8-9-10-11-12-14-17-32-19-21-33(22-20-32)34-23-25-35(26-24-34)39(45)48-37-29-27-36(28-30-37)40(46)49-38(41(42,43)44)18-15-13-16-31-47-4-2/h19-30,38H,3-18,31H2,1-2H3/t38-/m1/s1. The van der Waals surface area contributed by atoms with E-state index in [1.54, 1.807) is 12.1 Å². The quantitative estimate of drug-likeness (QED) is 0.0566. The van der Waals surface area contributed by atoms with Crippen molar-refractivity contribution in [2.24, 2.45) is 0 Å². The lowest BCUT2D eigenvalue weighted by molar-refractivity contribution is -0.206. The fourth-order valence-corrected chi connectivity index (χ4v) is 5.65. The molecule has 0 saturated carbocycles. The summed E-state index contributed by atoms with van der Waals surface area (Å²) in [6, 6.07) is 20.9. The van der Waals surface area contributed by atoms with Crippen LogP contribution in [0.2, 0.25) is 0 Å². The SMILES string of the molecule is CCCCCCCCCCCCc1ccc(-c2ccc(C(=O)Oc3ccc(C(=O)O[C@H](CCCCCOCC)C(F)(F)F)cc3)cc2)cc1. The van der Waals surface area contributed by atoms with Crippen molar-refractivity contribution in [1.82, 2.24) is 0 Å². The number of ether oxygens (including phenoxy) is 3. The molecule has 0 bridgehead atoms. The van der Waals surface area contributed by atoms with Crippen LogP contribution in [0.5, 0.6) is 5.75 Å². The Balaban J connectivity index is 1.42. The molecule has 0 amide bonds. The minimum absolute atomic E-state index is 0.0655. The summed E-state index contributed by atoms with van der Waals surface area (Å²) < 4.78 is 55.9. The summed E-state index contributed by atoms with van der Waals surface area (Å²) in [5.74, 6) is -1.52. The molecule has 0 spiro atoms. The van der Waals surface area contributed by atoms with Gasteiger partial charge < -0.3 is 14.2 Å². The number of carbonyl (C=O) groups excluding carboxylic acids is 2. The molecule has 3 aromatic carbocycles. The van der Waals surface area contributed by atoms with E-state index >= 15 is 0 Å². The van der Waals surface area contributed by atoms with E-state index in [1.165, 1.54) is 94.0 Å². The number of carbonyl (C=O) groups is 2. The molecule has 0 saturated heterocycles. The molecule has 3 rings (SSSR count). The second kappa shape index (κ2) is 22.1. The summed E-state index contributed by atoms with van der Waals surface area (Å²) in [5, 5.41) is 0.